The molecule has 0 saturated carbocycles. The Balaban J connectivity index is 0.000000213. The van der Waals surface area contributed by atoms with Crippen LogP contribution in [0.2, 0.25) is 0 Å². The summed E-state index contributed by atoms with van der Waals surface area (Å²) < 4.78 is 28.1. The van der Waals surface area contributed by atoms with Crippen LogP contribution in [0.15, 0.2) is 77.8 Å². The third kappa shape index (κ3) is 4.11. The van der Waals surface area contributed by atoms with Gasteiger partial charge in [0.1, 0.15) is 0 Å². The van der Waals surface area contributed by atoms with Gasteiger partial charge in [-0.15, -0.1) is 0 Å². The third-order valence-corrected chi connectivity index (χ3v) is 5.73. The molecule has 1 aliphatic heterocycles. The number of hydrogen-bond acceptors (Lipinski definition) is 2. The van der Waals surface area contributed by atoms with Crippen molar-refractivity contribution in [1.82, 2.24) is 3.82 Å². The van der Waals surface area contributed by atoms with Crippen LogP contribution >= 0.6 is 0 Å². The minimum atomic E-state index is -0.258. The van der Waals surface area contributed by atoms with Gasteiger partial charge in [0, 0.05) is 0 Å². The van der Waals surface area contributed by atoms with Crippen molar-refractivity contribution in [2.75, 3.05) is 0 Å². The molecular formula is C22H19AsF2N2. The van der Waals surface area contributed by atoms with Crippen LogP contribution < -0.4 is 0 Å². The van der Waals surface area contributed by atoms with E-state index in [1.165, 1.54) is 58.9 Å². The van der Waals surface area contributed by atoms with E-state index in [-0.39, 0.29) is 23.7 Å². The summed E-state index contributed by atoms with van der Waals surface area (Å²) in [4.78, 5) is 4.50. The summed E-state index contributed by atoms with van der Waals surface area (Å²) in [6.07, 6.45) is 3.04. The fraction of sp³-hybridized carbons (Fsp3) is 0.136. The molecule has 3 atom stereocenters. The monoisotopic (exact) mass is 424 g/mol. The van der Waals surface area contributed by atoms with E-state index in [0.717, 1.165) is 11.1 Å². The number of halogens is 2. The predicted molar refractivity (Wildman–Crippen MR) is 106 cm³/mol. The maximum absolute atomic E-state index is 13.1. The van der Waals surface area contributed by atoms with Crippen molar-refractivity contribution in [3.05, 3.63) is 107 Å². The van der Waals surface area contributed by atoms with Gasteiger partial charge in [0.25, 0.3) is 0 Å². The van der Waals surface area contributed by atoms with Gasteiger partial charge >= 0.3 is 124 Å². The third-order valence-electron chi connectivity index (χ3n) is 4.78. The van der Waals surface area contributed by atoms with Crippen LogP contribution in [0.5, 0.6) is 0 Å². The molecule has 27 heavy (non-hydrogen) atoms. The van der Waals surface area contributed by atoms with E-state index in [4.69, 9.17) is 0 Å². The molecule has 1 aliphatic carbocycles. The summed E-state index contributed by atoms with van der Waals surface area (Å²) >= 11 is 1.43. The summed E-state index contributed by atoms with van der Waals surface area (Å²) in [6.45, 7) is 0. The molecule has 3 aromatic rings. The molecular weight excluding hydrogens is 405 g/mol. The summed E-state index contributed by atoms with van der Waals surface area (Å²) in [7, 11) is 0. The Morgan fingerprint density at radius 1 is 0.778 bits per heavy atom. The predicted octanol–water partition coefficient (Wildman–Crippen LogP) is 4.23. The van der Waals surface area contributed by atoms with Crippen LogP contribution in [0.1, 0.15) is 34.3 Å². The van der Waals surface area contributed by atoms with Crippen molar-refractivity contribution in [2.24, 2.45) is 4.99 Å². The first kappa shape index (κ1) is 17.9. The fourth-order valence-corrected chi connectivity index (χ4v) is 4.11. The van der Waals surface area contributed by atoms with E-state index in [1.807, 2.05) is 3.82 Å². The second-order valence-corrected chi connectivity index (χ2v) is 7.90. The molecule has 5 rings (SSSR count). The fourth-order valence-electron chi connectivity index (χ4n) is 3.24. The number of hydrogen-bond donors (Lipinski definition) is 0. The van der Waals surface area contributed by atoms with Gasteiger partial charge in [-0.05, 0) is 17.5 Å². The zero-order valence-corrected chi connectivity index (χ0v) is 17.0. The van der Waals surface area contributed by atoms with Gasteiger partial charge in [-0.25, -0.2) is 0 Å². The van der Waals surface area contributed by atoms with E-state index in [9.17, 15) is 8.78 Å². The average Bonchev–Trinajstić information content (AvgIpc) is 3.38. The normalized spacial score (nSPS) is 19.3. The first-order valence-electron chi connectivity index (χ1n) is 8.76. The van der Waals surface area contributed by atoms with Crippen LogP contribution in [-0.4, -0.2) is 27.2 Å². The molecule has 1 heterocycles. The molecule has 2 nitrogen and oxygen atoms in total. The molecule has 0 saturated heterocycles. The van der Waals surface area contributed by atoms with Crippen molar-refractivity contribution in [3.63, 3.8) is 0 Å². The van der Waals surface area contributed by atoms with E-state index in [2.05, 4.69) is 29.3 Å². The van der Waals surface area contributed by atoms with Crippen molar-refractivity contribution < 1.29 is 8.78 Å². The number of benzene rings is 3. The molecule has 0 N–H and O–H groups in total. The van der Waals surface area contributed by atoms with Gasteiger partial charge in [0.2, 0.25) is 0 Å². The Morgan fingerprint density at radius 3 is 1.81 bits per heavy atom. The largest absolute Gasteiger partial charge is 0.0620 e. The second kappa shape index (κ2) is 7.65. The standard InChI is InChI=1S/C15H13AsF2N2.C7H6/c16-20-9-19-14(10-1-5-12(17)6-2-10)15(20)11-3-7-13(18)8-4-11;1-2-4-7-5-6(7)3-1/h1-9,14-15H,16H2;1-4H,5H2. The van der Waals surface area contributed by atoms with Crippen LogP contribution in [0, 0.1) is 11.6 Å². The minimum Gasteiger partial charge on any atom is -0.0620 e. The molecule has 136 valence electrons. The van der Waals surface area contributed by atoms with E-state index < -0.39 is 0 Å². The molecule has 3 aromatic carbocycles. The topological polar surface area (TPSA) is 15.6 Å². The Kier molecular flexibility index (Phi) is 5.09. The van der Waals surface area contributed by atoms with Crippen molar-refractivity contribution in [1.29, 1.82) is 0 Å². The van der Waals surface area contributed by atoms with Crippen molar-refractivity contribution >= 4 is 23.4 Å². The van der Waals surface area contributed by atoms with Gasteiger partial charge in [-0.1, -0.05) is 24.3 Å². The molecule has 0 radical (unpaired) electrons. The molecule has 0 amide bonds. The van der Waals surface area contributed by atoms with Gasteiger partial charge in [-0.3, -0.25) is 0 Å². The van der Waals surface area contributed by atoms with Crippen molar-refractivity contribution in [3.8, 4) is 0 Å². The molecule has 5 heteroatoms. The van der Waals surface area contributed by atoms with Gasteiger partial charge in [-0.2, -0.15) is 0 Å². The number of fused-ring (bicyclic) bond motifs is 1. The quantitative estimate of drug-likeness (QED) is 0.440. The Labute approximate surface area is 166 Å². The molecule has 0 fully saturated rings. The molecule has 0 aromatic heterocycles. The van der Waals surface area contributed by atoms with Crippen LogP contribution in [-0.2, 0) is 6.42 Å². The van der Waals surface area contributed by atoms with Crippen molar-refractivity contribution in [2.45, 2.75) is 18.5 Å². The van der Waals surface area contributed by atoms with Gasteiger partial charge in [0.05, 0.1) is 0 Å². The smallest absolute Gasteiger partial charge is 0.00201 e. The van der Waals surface area contributed by atoms with Crippen LogP contribution in [0.3, 0.4) is 0 Å². The first-order valence-corrected chi connectivity index (χ1v) is 9.84. The molecule has 0 spiro atoms. The summed E-state index contributed by atoms with van der Waals surface area (Å²) in [5.41, 5.74) is 5.02. The number of aliphatic imine (C=N–C) groups is 1. The Bertz CT molecular complexity index is 934. The van der Waals surface area contributed by atoms with E-state index in [1.54, 1.807) is 30.6 Å². The zero-order chi connectivity index (χ0) is 18.8. The average molecular weight is 424 g/mol. The van der Waals surface area contributed by atoms with Gasteiger partial charge in [0.15, 0.2) is 0 Å². The number of rotatable bonds is 2. The summed E-state index contributed by atoms with van der Waals surface area (Å²) in [5.74, 6) is -0.509. The van der Waals surface area contributed by atoms with E-state index in [0.29, 0.717) is 0 Å². The Morgan fingerprint density at radius 2 is 1.30 bits per heavy atom. The van der Waals surface area contributed by atoms with E-state index >= 15 is 0 Å². The molecule has 2 aliphatic rings. The molecule has 3 unspecified atom stereocenters. The minimum absolute atomic E-state index is 0.0288. The Hall–Kier alpha value is -2.45. The first-order chi connectivity index (χ1) is 13.1. The van der Waals surface area contributed by atoms with Crippen LogP contribution in [0.4, 0.5) is 8.78 Å². The SMILES string of the molecule is Fc1ccc(C2N=CN([AsH2])C2c2ccc(F)cc2)cc1.c1ccc2c(c1)C2. The summed E-state index contributed by atoms with van der Waals surface area (Å²) in [6, 6.07) is 21.3. The van der Waals surface area contributed by atoms with Crippen LogP contribution in [0.25, 0.3) is 0 Å². The maximum Gasteiger partial charge on any atom is -0.00201 e. The second-order valence-electron chi connectivity index (χ2n) is 6.65. The molecule has 0 bridgehead atoms. The van der Waals surface area contributed by atoms with Gasteiger partial charge < -0.3 is 0 Å². The maximum atomic E-state index is 13.1. The summed E-state index contributed by atoms with van der Waals surface area (Å²) in [5, 5.41) is 0. The zero-order valence-electron chi connectivity index (χ0n) is 14.6. The number of nitrogens with zero attached hydrogens (tertiary/aromatic N) is 2.